The number of carbonyl (C=O) groups is 2. The van der Waals surface area contributed by atoms with Crippen LogP contribution >= 0.6 is 0 Å². The van der Waals surface area contributed by atoms with Gasteiger partial charge in [-0.3, -0.25) is 0 Å². The average molecular weight is 244 g/mol. The quantitative estimate of drug-likeness (QED) is 0.776. The summed E-state index contributed by atoms with van der Waals surface area (Å²) < 4.78 is 9.21. The molecule has 0 aliphatic rings. The molecule has 0 aromatic heterocycles. The highest BCUT2D eigenvalue weighted by Gasteiger charge is 2.10. The van der Waals surface area contributed by atoms with Crippen molar-refractivity contribution in [1.29, 1.82) is 0 Å². The van der Waals surface area contributed by atoms with Crippen molar-refractivity contribution in [2.45, 2.75) is 0 Å². The van der Waals surface area contributed by atoms with Crippen LogP contribution in [0, 0.1) is 0 Å². The second-order valence-corrected chi connectivity index (χ2v) is 3.71. The Morgan fingerprint density at radius 3 is 2.50 bits per heavy atom. The molecule has 2 aromatic carbocycles. The summed E-state index contributed by atoms with van der Waals surface area (Å²) in [6.07, 6.45) is 0. The summed E-state index contributed by atoms with van der Waals surface area (Å²) in [6.45, 7) is -0.373. The van der Waals surface area contributed by atoms with Crippen molar-refractivity contribution in [3.63, 3.8) is 0 Å². The van der Waals surface area contributed by atoms with Crippen LogP contribution in [0.25, 0.3) is 10.8 Å². The minimum Gasteiger partial charge on any atom is -0.466 e. The number of benzene rings is 2. The molecule has 0 fully saturated rings. The molecule has 0 amide bonds. The maximum atomic E-state index is 11.7. The van der Waals surface area contributed by atoms with E-state index in [4.69, 9.17) is 4.74 Å². The van der Waals surface area contributed by atoms with Crippen LogP contribution in [-0.2, 0) is 14.3 Å². The molecule has 2 aromatic rings. The van der Waals surface area contributed by atoms with Gasteiger partial charge in [0.05, 0.1) is 12.7 Å². The van der Waals surface area contributed by atoms with E-state index in [9.17, 15) is 9.59 Å². The van der Waals surface area contributed by atoms with E-state index < -0.39 is 11.9 Å². The molecular formula is C14H12O4. The zero-order chi connectivity index (χ0) is 13.0. The predicted octanol–water partition coefficient (Wildman–Crippen LogP) is 2.17. The van der Waals surface area contributed by atoms with Gasteiger partial charge in [0.2, 0.25) is 0 Å². The van der Waals surface area contributed by atoms with Crippen LogP contribution in [0.3, 0.4) is 0 Å². The summed E-state index contributed by atoms with van der Waals surface area (Å²) in [4.78, 5) is 22.5. The third-order valence-electron chi connectivity index (χ3n) is 2.53. The number of ether oxygens (including phenoxy) is 2. The van der Waals surface area contributed by atoms with Crippen LogP contribution in [0.5, 0.6) is 0 Å². The topological polar surface area (TPSA) is 52.6 Å². The zero-order valence-corrected chi connectivity index (χ0v) is 9.88. The van der Waals surface area contributed by atoms with Gasteiger partial charge in [-0.05, 0) is 22.9 Å². The normalized spacial score (nSPS) is 10.1. The maximum absolute atomic E-state index is 11.7. The van der Waals surface area contributed by atoms with Crippen molar-refractivity contribution in [3.05, 3.63) is 48.0 Å². The van der Waals surface area contributed by atoms with Crippen LogP contribution in [-0.4, -0.2) is 25.7 Å². The van der Waals surface area contributed by atoms with Gasteiger partial charge in [0.1, 0.15) is 0 Å². The predicted molar refractivity (Wildman–Crippen MR) is 66.2 cm³/mol. The number of hydrogen-bond donors (Lipinski definition) is 0. The van der Waals surface area contributed by atoms with E-state index in [0.717, 1.165) is 10.8 Å². The van der Waals surface area contributed by atoms with Crippen LogP contribution in [0.1, 0.15) is 10.4 Å². The van der Waals surface area contributed by atoms with Crippen LogP contribution in [0.2, 0.25) is 0 Å². The largest absolute Gasteiger partial charge is 0.466 e. The minimum atomic E-state index is -0.580. The summed E-state index contributed by atoms with van der Waals surface area (Å²) in [5.41, 5.74) is 0.414. The van der Waals surface area contributed by atoms with Crippen molar-refractivity contribution in [2.24, 2.45) is 0 Å². The first-order chi connectivity index (χ1) is 8.70. The second-order valence-electron chi connectivity index (χ2n) is 3.71. The lowest BCUT2D eigenvalue weighted by Crippen LogP contribution is -2.15. The van der Waals surface area contributed by atoms with Gasteiger partial charge >= 0.3 is 11.9 Å². The number of fused-ring (bicyclic) bond motifs is 1. The van der Waals surface area contributed by atoms with Crippen molar-refractivity contribution < 1.29 is 19.1 Å². The molecule has 0 saturated heterocycles. The van der Waals surface area contributed by atoms with Crippen molar-refractivity contribution in [2.75, 3.05) is 13.7 Å². The minimum absolute atomic E-state index is 0.373. The molecule has 92 valence electrons. The van der Waals surface area contributed by atoms with Crippen molar-refractivity contribution >= 4 is 22.7 Å². The van der Waals surface area contributed by atoms with Crippen LogP contribution in [0.4, 0.5) is 0 Å². The van der Waals surface area contributed by atoms with Crippen LogP contribution in [0.15, 0.2) is 42.5 Å². The van der Waals surface area contributed by atoms with E-state index in [0.29, 0.717) is 5.56 Å². The molecule has 0 aliphatic heterocycles. The Hall–Kier alpha value is -2.36. The first kappa shape index (κ1) is 12.1. The Balaban J connectivity index is 2.15. The Kier molecular flexibility index (Phi) is 3.57. The molecule has 0 saturated carbocycles. The molecule has 0 unspecified atom stereocenters. The Labute approximate surface area is 104 Å². The molecule has 0 aliphatic carbocycles. The summed E-state index contributed by atoms with van der Waals surface area (Å²) in [5.74, 6) is -1.12. The average Bonchev–Trinajstić information content (AvgIpc) is 2.43. The summed E-state index contributed by atoms with van der Waals surface area (Å²) in [6, 6.07) is 12.9. The summed E-state index contributed by atoms with van der Waals surface area (Å²) in [5, 5.41) is 1.99. The number of esters is 2. The Bertz CT molecular complexity index is 589. The molecule has 18 heavy (non-hydrogen) atoms. The molecule has 0 spiro atoms. The summed E-state index contributed by atoms with van der Waals surface area (Å²) in [7, 11) is 1.24. The third-order valence-corrected chi connectivity index (χ3v) is 2.53. The van der Waals surface area contributed by atoms with Gasteiger partial charge in [-0.2, -0.15) is 0 Å². The van der Waals surface area contributed by atoms with Crippen LogP contribution < -0.4 is 0 Å². The Morgan fingerprint density at radius 1 is 1.06 bits per heavy atom. The molecule has 4 nitrogen and oxygen atoms in total. The molecule has 0 radical (unpaired) electrons. The van der Waals surface area contributed by atoms with E-state index in [-0.39, 0.29) is 6.61 Å². The smallest absolute Gasteiger partial charge is 0.344 e. The lowest BCUT2D eigenvalue weighted by atomic mass is 10.1. The van der Waals surface area contributed by atoms with Gasteiger partial charge in [0.15, 0.2) is 6.61 Å². The number of methoxy groups -OCH3 is 1. The first-order valence-electron chi connectivity index (χ1n) is 5.43. The van der Waals surface area contributed by atoms with E-state index in [1.807, 2.05) is 30.3 Å². The van der Waals surface area contributed by atoms with Gasteiger partial charge in [-0.25, -0.2) is 9.59 Å². The Morgan fingerprint density at radius 2 is 1.78 bits per heavy atom. The highest BCUT2D eigenvalue weighted by atomic mass is 16.6. The first-order valence-corrected chi connectivity index (χ1v) is 5.43. The lowest BCUT2D eigenvalue weighted by Gasteiger charge is -2.04. The van der Waals surface area contributed by atoms with Gasteiger partial charge < -0.3 is 9.47 Å². The molecule has 0 bridgehead atoms. The number of rotatable bonds is 3. The highest BCUT2D eigenvalue weighted by Crippen LogP contribution is 2.16. The molecule has 0 N–H and O–H groups in total. The third kappa shape index (κ3) is 2.66. The van der Waals surface area contributed by atoms with E-state index >= 15 is 0 Å². The van der Waals surface area contributed by atoms with Gasteiger partial charge in [0.25, 0.3) is 0 Å². The molecule has 0 heterocycles. The number of carbonyl (C=O) groups excluding carboxylic acids is 2. The second kappa shape index (κ2) is 5.31. The maximum Gasteiger partial charge on any atom is 0.344 e. The van der Waals surface area contributed by atoms with E-state index in [1.54, 1.807) is 12.1 Å². The van der Waals surface area contributed by atoms with Gasteiger partial charge in [-0.15, -0.1) is 0 Å². The SMILES string of the molecule is COC(=O)COC(=O)c1ccc2ccccc2c1. The fraction of sp³-hybridized carbons (Fsp3) is 0.143. The van der Waals surface area contributed by atoms with E-state index in [1.165, 1.54) is 7.11 Å². The fourth-order valence-corrected chi connectivity index (χ4v) is 1.58. The summed E-state index contributed by atoms with van der Waals surface area (Å²) >= 11 is 0. The molecule has 2 rings (SSSR count). The molecule has 0 atom stereocenters. The standard InChI is InChI=1S/C14H12O4/c1-17-13(15)9-18-14(16)12-7-6-10-4-2-3-5-11(10)8-12/h2-8H,9H2,1H3. The zero-order valence-electron chi connectivity index (χ0n) is 9.88. The van der Waals surface area contributed by atoms with Gasteiger partial charge in [-0.1, -0.05) is 30.3 Å². The number of hydrogen-bond acceptors (Lipinski definition) is 4. The van der Waals surface area contributed by atoms with E-state index in [2.05, 4.69) is 4.74 Å². The molecular weight excluding hydrogens is 232 g/mol. The highest BCUT2D eigenvalue weighted by molar-refractivity contribution is 5.96. The fourth-order valence-electron chi connectivity index (χ4n) is 1.58. The molecule has 4 heteroatoms. The van der Waals surface area contributed by atoms with Crippen molar-refractivity contribution in [1.82, 2.24) is 0 Å². The monoisotopic (exact) mass is 244 g/mol. The van der Waals surface area contributed by atoms with Gasteiger partial charge in [0, 0.05) is 0 Å². The lowest BCUT2D eigenvalue weighted by molar-refractivity contribution is -0.144. The van der Waals surface area contributed by atoms with Crippen molar-refractivity contribution in [3.8, 4) is 0 Å².